The molecule has 4 nitrogen and oxygen atoms in total. The van der Waals surface area contributed by atoms with Gasteiger partial charge in [0.1, 0.15) is 12.4 Å². The molecule has 1 aliphatic heterocycles. The molecule has 0 bridgehead atoms. The van der Waals surface area contributed by atoms with Crippen LogP contribution in [0.1, 0.15) is 16.9 Å². The first kappa shape index (κ1) is 11.6. The van der Waals surface area contributed by atoms with Crippen molar-refractivity contribution in [2.24, 2.45) is 0 Å². The van der Waals surface area contributed by atoms with Crippen LogP contribution in [-0.2, 0) is 19.6 Å². The number of nitrogens with zero attached hydrogens (tertiary/aromatic N) is 1. The SMILES string of the molecule is Clc1ccc(COc2noc3c2CNCC3)cc1. The average Bonchev–Trinajstić information content (AvgIpc) is 2.82. The molecule has 0 fully saturated rings. The number of benzene rings is 1. The van der Waals surface area contributed by atoms with Crippen LogP contribution in [0.15, 0.2) is 28.8 Å². The largest absolute Gasteiger partial charge is 0.470 e. The Kier molecular flexibility index (Phi) is 3.21. The lowest BCUT2D eigenvalue weighted by Gasteiger charge is -2.11. The van der Waals surface area contributed by atoms with Gasteiger partial charge in [-0.3, -0.25) is 0 Å². The second kappa shape index (κ2) is 5.00. The van der Waals surface area contributed by atoms with Gasteiger partial charge in [0.25, 0.3) is 5.88 Å². The highest BCUT2D eigenvalue weighted by atomic mass is 35.5. The summed E-state index contributed by atoms with van der Waals surface area (Å²) in [7, 11) is 0. The third-order valence-electron chi connectivity index (χ3n) is 2.95. The standard InChI is InChI=1S/C13H13ClN2O2/c14-10-3-1-9(2-4-10)8-17-13-11-7-15-6-5-12(11)18-16-13/h1-4,15H,5-8H2. The van der Waals surface area contributed by atoms with Crippen LogP contribution in [0.4, 0.5) is 0 Å². The molecule has 2 aromatic rings. The molecule has 1 aromatic heterocycles. The Labute approximate surface area is 110 Å². The Morgan fingerprint density at radius 1 is 1.33 bits per heavy atom. The minimum Gasteiger partial charge on any atom is -0.470 e. The number of halogens is 1. The molecule has 0 spiro atoms. The summed E-state index contributed by atoms with van der Waals surface area (Å²) >= 11 is 5.83. The molecule has 0 unspecified atom stereocenters. The molecule has 18 heavy (non-hydrogen) atoms. The lowest BCUT2D eigenvalue weighted by Crippen LogP contribution is -2.22. The minimum absolute atomic E-state index is 0.468. The van der Waals surface area contributed by atoms with E-state index in [0.29, 0.717) is 12.5 Å². The third kappa shape index (κ3) is 2.35. The lowest BCUT2D eigenvalue weighted by molar-refractivity contribution is 0.265. The fourth-order valence-corrected chi connectivity index (χ4v) is 2.08. The van der Waals surface area contributed by atoms with Gasteiger partial charge < -0.3 is 14.6 Å². The quantitative estimate of drug-likeness (QED) is 0.926. The van der Waals surface area contributed by atoms with E-state index in [1.54, 1.807) is 0 Å². The summed E-state index contributed by atoms with van der Waals surface area (Å²) in [5, 5.41) is 7.97. The van der Waals surface area contributed by atoms with E-state index in [4.69, 9.17) is 20.9 Å². The van der Waals surface area contributed by atoms with Gasteiger partial charge in [-0.25, -0.2) is 0 Å². The van der Waals surface area contributed by atoms with Gasteiger partial charge >= 0.3 is 0 Å². The summed E-state index contributed by atoms with van der Waals surface area (Å²) in [6, 6.07) is 7.57. The molecule has 1 aliphatic rings. The Balaban J connectivity index is 1.70. The zero-order valence-corrected chi connectivity index (χ0v) is 10.5. The Hall–Kier alpha value is -1.52. The third-order valence-corrected chi connectivity index (χ3v) is 3.20. The Morgan fingerprint density at radius 2 is 2.17 bits per heavy atom. The van der Waals surface area contributed by atoms with Crippen molar-refractivity contribution >= 4 is 11.6 Å². The first-order valence-electron chi connectivity index (χ1n) is 5.88. The average molecular weight is 265 g/mol. The van der Waals surface area contributed by atoms with E-state index in [1.807, 2.05) is 24.3 Å². The summed E-state index contributed by atoms with van der Waals surface area (Å²) in [5.41, 5.74) is 2.09. The van der Waals surface area contributed by atoms with E-state index in [2.05, 4.69) is 10.5 Å². The summed E-state index contributed by atoms with van der Waals surface area (Å²) in [4.78, 5) is 0. The van der Waals surface area contributed by atoms with Crippen LogP contribution in [0.5, 0.6) is 5.88 Å². The Morgan fingerprint density at radius 3 is 3.00 bits per heavy atom. The fraction of sp³-hybridized carbons (Fsp3) is 0.308. The van der Waals surface area contributed by atoms with Gasteiger partial charge in [0.15, 0.2) is 0 Å². The molecule has 0 saturated carbocycles. The number of ether oxygens (including phenoxy) is 1. The molecule has 2 heterocycles. The minimum atomic E-state index is 0.468. The second-order valence-corrected chi connectivity index (χ2v) is 4.67. The maximum atomic E-state index is 5.83. The molecule has 3 rings (SSSR count). The fourth-order valence-electron chi connectivity index (χ4n) is 1.96. The number of nitrogens with one attached hydrogen (secondary N) is 1. The molecular formula is C13H13ClN2O2. The van der Waals surface area contributed by atoms with Gasteiger partial charge in [0.05, 0.1) is 5.56 Å². The van der Waals surface area contributed by atoms with Gasteiger partial charge in [0, 0.05) is 24.5 Å². The molecule has 5 heteroatoms. The molecule has 0 saturated heterocycles. The first-order valence-corrected chi connectivity index (χ1v) is 6.26. The number of fused-ring (bicyclic) bond motifs is 1. The van der Waals surface area contributed by atoms with Crippen LogP contribution in [-0.4, -0.2) is 11.7 Å². The van der Waals surface area contributed by atoms with Crippen molar-refractivity contribution in [2.45, 2.75) is 19.6 Å². The van der Waals surface area contributed by atoms with Gasteiger partial charge in [-0.2, -0.15) is 0 Å². The van der Waals surface area contributed by atoms with Crippen LogP contribution in [0, 0.1) is 0 Å². The van der Waals surface area contributed by atoms with Gasteiger partial charge in [-0.1, -0.05) is 23.7 Å². The lowest BCUT2D eigenvalue weighted by atomic mass is 10.1. The zero-order valence-electron chi connectivity index (χ0n) is 9.78. The summed E-state index contributed by atoms with van der Waals surface area (Å²) < 4.78 is 10.9. The van der Waals surface area contributed by atoms with Gasteiger partial charge in [-0.15, -0.1) is 0 Å². The molecule has 94 valence electrons. The van der Waals surface area contributed by atoms with Crippen molar-refractivity contribution in [3.05, 3.63) is 46.2 Å². The van der Waals surface area contributed by atoms with Gasteiger partial charge in [-0.05, 0) is 22.9 Å². The molecule has 0 radical (unpaired) electrons. The van der Waals surface area contributed by atoms with Crippen LogP contribution >= 0.6 is 11.6 Å². The van der Waals surface area contributed by atoms with E-state index in [0.717, 1.165) is 41.4 Å². The normalized spacial score (nSPS) is 14.3. The zero-order chi connectivity index (χ0) is 12.4. The van der Waals surface area contributed by atoms with Crippen LogP contribution in [0.2, 0.25) is 5.02 Å². The topological polar surface area (TPSA) is 47.3 Å². The van der Waals surface area contributed by atoms with E-state index < -0.39 is 0 Å². The van der Waals surface area contributed by atoms with Crippen molar-refractivity contribution in [2.75, 3.05) is 6.54 Å². The van der Waals surface area contributed by atoms with Crippen LogP contribution in [0.25, 0.3) is 0 Å². The number of aromatic nitrogens is 1. The van der Waals surface area contributed by atoms with E-state index in [-0.39, 0.29) is 0 Å². The monoisotopic (exact) mass is 264 g/mol. The molecule has 1 aromatic carbocycles. The summed E-state index contributed by atoms with van der Waals surface area (Å²) in [6.45, 7) is 2.16. The smallest absolute Gasteiger partial charge is 0.259 e. The molecule has 0 aliphatic carbocycles. The highest BCUT2D eigenvalue weighted by Gasteiger charge is 2.20. The van der Waals surface area contributed by atoms with E-state index >= 15 is 0 Å². The summed E-state index contributed by atoms with van der Waals surface area (Å²) in [6.07, 6.45) is 0.868. The van der Waals surface area contributed by atoms with Crippen molar-refractivity contribution in [1.82, 2.24) is 10.5 Å². The predicted octanol–water partition coefficient (Wildman–Crippen LogP) is 2.55. The second-order valence-electron chi connectivity index (χ2n) is 4.23. The molecule has 0 amide bonds. The van der Waals surface area contributed by atoms with Crippen LogP contribution in [0.3, 0.4) is 0 Å². The van der Waals surface area contributed by atoms with Crippen LogP contribution < -0.4 is 10.1 Å². The molecule has 0 atom stereocenters. The molecule has 1 N–H and O–H groups in total. The number of hydrogen-bond acceptors (Lipinski definition) is 4. The Bertz CT molecular complexity index is 536. The van der Waals surface area contributed by atoms with Crippen molar-refractivity contribution < 1.29 is 9.26 Å². The van der Waals surface area contributed by atoms with Crippen molar-refractivity contribution in [3.63, 3.8) is 0 Å². The van der Waals surface area contributed by atoms with Crippen molar-refractivity contribution in [1.29, 1.82) is 0 Å². The van der Waals surface area contributed by atoms with E-state index in [9.17, 15) is 0 Å². The highest BCUT2D eigenvalue weighted by Crippen LogP contribution is 2.24. The number of rotatable bonds is 3. The molecular weight excluding hydrogens is 252 g/mol. The van der Waals surface area contributed by atoms with E-state index in [1.165, 1.54) is 0 Å². The number of hydrogen-bond donors (Lipinski definition) is 1. The van der Waals surface area contributed by atoms with Crippen molar-refractivity contribution in [3.8, 4) is 5.88 Å². The van der Waals surface area contributed by atoms with Gasteiger partial charge in [0.2, 0.25) is 0 Å². The maximum absolute atomic E-state index is 5.83. The highest BCUT2D eigenvalue weighted by molar-refractivity contribution is 6.30. The summed E-state index contributed by atoms with van der Waals surface area (Å²) in [5.74, 6) is 1.52. The first-order chi connectivity index (χ1) is 8.83. The maximum Gasteiger partial charge on any atom is 0.259 e. The predicted molar refractivity (Wildman–Crippen MR) is 67.7 cm³/mol.